The standard InChI is InChI=1S/C22H21NO6S2/c1-4-17(21(25)26)29-14-7-5-13(6-8-14)11-19-20(24)23(22(30)31-19)16-10-9-15(27-2)12-18(16)28-3/h5-12,17H,4H2,1-3H3,(H,25,26)/b19-11+. The molecule has 162 valence electrons. The van der Waals surface area contributed by atoms with Gasteiger partial charge in [0.15, 0.2) is 10.4 Å². The zero-order valence-electron chi connectivity index (χ0n) is 17.2. The Bertz CT molecular complexity index is 1030. The number of amides is 1. The summed E-state index contributed by atoms with van der Waals surface area (Å²) in [4.78, 5) is 26.1. The average molecular weight is 460 g/mol. The van der Waals surface area contributed by atoms with Gasteiger partial charge < -0.3 is 19.3 Å². The number of carbonyl (C=O) groups excluding carboxylic acids is 1. The van der Waals surface area contributed by atoms with Crippen LogP contribution in [0.25, 0.3) is 6.08 Å². The fourth-order valence-electron chi connectivity index (χ4n) is 2.91. The topological polar surface area (TPSA) is 85.3 Å². The molecule has 2 aromatic rings. The molecular formula is C22H21NO6S2. The third-order valence-electron chi connectivity index (χ3n) is 4.52. The number of methoxy groups -OCH3 is 2. The van der Waals surface area contributed by atoms with Gasteiger partial charge in [0.1, 0.15) is 17.2 Å². The van der Waals surface area contributed by atoms with Gasteiger partial charge >= 0.3 is 5.97 Å². The number of hydrogen-bond donors (Lipinski definition) is 1. The minimum absolute atomic E-state index is 0.254. The molecule has 0 bridgehead atoms. The molecule has 9 heteroatoms. The van der Waals surface area contributed by atoms with Crippen LogP contribution in [0.4, 0.5) is 5.69 Å². The van der Waals surface area contributed by atoms with Gasteiger partial charge in [0.2, 0.25) is 0 Å². The summed E-state index contributed by atoms with van der Waals surface area (Å²) in [5.41, 5.74) is 1.30. The molecule has 0 spiro atoms. The summed E-state index contributed by atoms with van der Waals surface area (Å²) < 4.78 is 16.5. The number of anilines is 1. The van der Waals surface area contributed by atoms with Crippen LogP contribution in [0.1, 0.15) is 18.9 Å². The second-order valence-electron chi connectivity index (χ2n) is 6.48. The van der Waals surface area contributed by atoms with Crippen molar-refractivity contribution in [3.63, 3.8) is 0 Å². The van der Waals surface area contributed by atoms with Crippen LogP contribution in [0.3, 0.4) is 0 Å². The molecule has 1 heterocycles. The predicted molar refractivity (Wildman–Crippen MR) is 124 cm³/mol. The van der Waals surface area contributed by atoms with Gasteiger partial charge in [-0.25, -0.2) is 4.79 Å². The number of carboxylic acids is 1. The zero-order chi connectivity index (χ0) is 22.5. The van der Waals surface area contributed by atoms with Gasteiger partial charge in [-0.2, -0.15) is 0 Å². The molecule has 0 saturated carbocycles. The fourth-order valence-corrected chi connectivity index (χ4v) is 4.20. The molecule has 7 nitrogen and oxygen atoms in total. The number of ether oxygens (including phenoxy) is 3. The lowest BCUT2D eigenvalue weighted by Crippen LogP contribution is -2.27. The van der Waals surface area contributed by atoms with Crippen molar-refractivity contribution in [2.45, 2.75) is 19.4 Å². The highest BCUT2D eigenvalue weighted by Gasteiger charge is 2.35. The Balaban J connectivity index is 1.81. The van der Waals surface area contributed by atoms with Crippen LogP contribution in [-0.4, -0.2) is 41.6 Å². The van der Waals surface area contributed by atoms with Crippen molar-refractivity contribution in [3.8, 4) is 17.2 Å². The Morgan fingerprint density at radius 3 is 2.42 bits per heavy atom. The van der Waals surface area contributed by atoms with Gasteiger partial charge in [-0.1, -0.05) is 43.0 Å². The van der Waals surface area contributed by atoms with Crippen LogP contribution < -0.4 is 19.1 Å². The van der Waals surface area contributed by atoms with E-state index in [-0.39, 0.29) is 5.91 Å². The number of hydrogen-bond acceptors (Lipinski definition) is 7. The van der Waals surface area contributed by atoms with Gasteiger partial charge in [0.05, 0.1) is 24.8 Å². The Kier molecular flexibility index (Phi) is 7.19. The number of rotatable bonds is 8. The fraction of sp³-hybridized carbons (Fsp3) is 0.227. The van der Waals surface area contributed by atoms with E-state index in [2.05, 4.69) is 0 Å². The molecule has 0 aliphatic carbocycles. The maximum Gasteiger partial charge on any atom is 0.344 e. The Hall–Kier alpha value is -3.04. The maximum absolute atomic E-state index is 13.0. The summed E-state index contributed by atoms with van der Waals surface area (Å²) in [5.74, 6) is 0.265. The third-order valence-corrected chi connectivity index (χ3v) is 5.83. The number of aliphatic carboxylic acids is 1. The van der Waals surface area contributed by atoms with Crippen molar-refractivity contribution >= 4 is 51.9 Å². The third kappa shape index (κ3) is 5.00. The van der Waals surface area contributed by atoms with Crippen LogP contribution in [-0.2, 0) is 9.59 Å². The van der Waals surface area contributed by atoms with Crippen molar-refractivity contribution in [2.75, 3.05) is 19.1 Å². The number of thioether (sulfide) groups is 1. The van der Waals surface area contributed by atoms with E-state index in [0.29, 0.717) is 38.6 Å². The van der Waals surface area contributed by atoms with E-state index >= 15 is 0 Å². The van der Waals surface area contributed by atoms with Crippen LogP contribution in [0.5, 0.6) is 17.2 Å². The molecule has 0 radical (unpaired) electrons. The first-order valence-electron chi connectivity index (χ1n) is 9.37. The second-order valence-corrected chi connectivity index (χ2v) is 8.15. The first-order valence-corrected chi connectivity index (χ1v) is 10.6. The summed E-state index contributed by atoms with van der Waals surface area (Å²) in [7, 11) is 3.07. The molecule has 1 aliphatic heterocycles. The number of carbonyl (C=O) groups is 2. The van der Waals surface area contributed by atoms with E-state index in [0.717, 1.165) is 5.56 Å². The molecular weight excluding hydrogens is 438 g/mol. The summed E-state index contributed by atoms with van der Waals surface area (Å²) in [6.07, 6.45) is 1.18. The van der Waals surface area contributed by atoms with E-state index in [1.54, 1.807) is 62.6 Å². The predicted octanol–water partition coefficient (Wildman–Crippen LogP) is 4.35. The van der Waals surface area contributed by atoms with Crippen molar-refractivity contribution < 1.29 is 28.9 Å². The number of thiocarbonyl (C=S) groups is 1. The lowest BCUT2D eigenvalue weighted by molar-refractivity contribution is -0.145. The molecule has 1 fully saturated rings. The number of benzene rings is 2. The molecule has 31 heavy (non-hydrogen) atoms. The maximum atomic E-state index is 13.0. The summed E-state index contributed by atoms with van der Waals surface area (Å²) in [6.45, 7) is 1.74. The highest BCUT2D eigenvalue weighted by atomic mass is 32.2. The Morgan fingerprint density at radius 1 is 1.16 bits per heavy atom. The van der Waals surface area contributed by atoms with Crippen molar-refractivity contribution in [3.05, 3.63) is 52.9 Å². The Morgan fingerprint density at radius 2 is 1.84 bits per heavy atom. The smallest absolute Gasteiger partial charge is 0.344 e. The van der Waals surface area contributed by atoms with Crippen LogP contribution >= 0.6 is 24.0 Å². The van der Waals surface area contributed by atoms with Gasteiger partial charge in [-0.3, -0.25) is 9.69 Å². The molecule has 1 N–H and O–H groups in total. The average Bonchev–Trinajstić information content (AvgIpc) is 3.05. The van der Waals surface area contributed by atoms with Crippen molar-refractivity contribution in [1.82, 2.24) is 0 Å². The molecule has 1 aliphatic rings. The minimum Gasteiger partial charge on any atom is -0.497 e. The first kappa shape index (κ1) is 22.6. The molecule has 1 amide bonds. The second kappa shape index (κ2) is 9.84. The van der Waals surface area contributed by atoms with E-state index in [1.165, 1.54) is 23.8 Å². The van der Waals surface area contributed by atoms with E-state index < -0.39 is 12.1 Å². The molecule has 3 rings (SSSR count). The summed E-state index contributed by atoms with van der Waals surface area (Å²) in [6, 6.07) is 12.0. The van der Waals surface area contributed by atoms with Gasteiger partial charge in [-0.05, 0) is 42.3 Å². The first-order chi connectivity index (χ1) is 14.9. The molecule has 1 atom stereocenters. The largest absolute Gasteiger partial charge is 0.497 e. The molecule has 2 aromatic carbocycles. The molecule has 1 saturated heterocycles. The summed E-state index contributed by atoms with van der Waals surface area (Å²) in [5, 5.41) is 9.11. The van der Waals surface area contributed by atoms with Gasteiger partial charge in [-0.15, -0.1) is 0 Å². The monoisotopic (exact) mass is 459 g/mol. The van der Waals surface area contributed by atoms with E-state index in [4.69, 9.17) is 31.5 Å². The number of nitrogens with zero attached hydrogens (tertiary/aromatic N) is 1. The number of carboxylic acid groups (broad SMARTS) is 1. The van der Waals surface area contributed by atoms with Gasteiger partial charge in [0, 0.05) is 6.07 Å². The van der Waals surface area contributed by atoms with Gasteiger partial charge in [0.25, 0.3) is 5.91 Å². The lowest BCUT2D eigenvalue weighted by atomic mass is 10.2. The Labute approximate surface area is 189 Å². The normalized spacial score (nSPS) is 15.8. The SMILES string of the molecule is CCC(Oc1ccc(/C=C2/SC(=S)N(c3ccc(OC)cc3OC)C2=O)cc1)C(=O)O. The molecule has 1 unspecified atom stereocenters. The molecule has 0 aromatic heterocycles. The van der Waals surface area contributed by atoms with Crippen molar-refractivity contribution in [2.24, 2.45) is 0 Å². The highest BCUT2D eigenvalue weighted by molar-refractivity contribution is 8.27. The van der Waals surface area contributed by atoms with Crippen LogP contribution in [0, 0.1) is 0 Å². The van der Waals surface area contributed by atoms with Crippen LogP contribution in [0.15, 0.2) is 47.4 Å². The minimum atomic E-state index is -1.01. The van der Waals surface area contributed by atoms with Crippen molar-refractivity contribution in [1.29, 1.82) is 0 Å². The summed E-state index contributed by atoms with van der Waals surface area (Å²) >= 11 is 6.63. The lowest BCUT2D eigenvalue weighted by Gasteiger charge is -2.18. The van der Waals surface area contributed by atoms with E-state index in [9.17, 15) is 9.59 Å². The highest BCUT2D eigenvalue weighted by Crippen LogP contribution is 2.41. The quantitative estimate of drug-likeness (QED) is 0.461. The van der Waals surface area contributed by atoms with E-state index in [1.807, 2.05) is 0 Å². The van der Waals surface area contributed by atoms with Crippen LogP contribution in [0.2, 0.25) is 0 Å². The zero-order valence-corrected chi connectivity index (χ0v) is 18.8.